The monoisotopic (exact) mass is 428 g/mol. The van der Waals surface area contributed by atoms with Crippen molar-refractivity contribution >= 4 is 32.7 Å². The molecule has 1 heterocycles. The SMILES string of the molecule is CCOc1ccc(NC(=O)c2ccc3nc(C)c(C)nc3c2)cc1S(=O)(=O)N(C)C. The fraction of sp³-hybridized carbons (Fsp3) is 0.286. The molecule has 0 aliphatic carbocycles. The first kappa shape index (κ1) is 21.7. The number of aryl methyl sites for hydroxylation is 2. The summed E-state index contributed by atoms with van der Waals surface area (Å²) < 4.78 is 31.9. The van der Waals surface area contributed by atoms with Gasteiger partial charge in [-0.15, -0.1) is 0 Å². The summed E-state index contributed by atoms with van der Waals surface area (Å²) in [6.45, 7) is 5.83. The van der Waals surface area contributed by atoms with Gasteiger partial charge in [-0.2, -0.15) is 0 Å². The fourth-order valence-electron chi connectivity index (χ4n) is 2.83. The minimum atomic E-state index is -3.75. The maximum Gasteiger partial charge on any atom is 0.255 e. The second-order valence-electron chi connectivity index (χ2n) is 6.93. The highest BCUT2D eigenvalue weighted by molar-refractivity contribution is 7.89. The average Bonchev–Trinajstić information content (AvgIpc) is 2.69. The molecule has 3 aromatic rings. The Bertz CT molecular complexity index is 1220. The van der Waals surface area contributed by atoms with Gasteiger partial charge >= 0.3 is 0 Å². The van der Waals surface area contributed by atoms with Gasteiger partial charge in [0.25, 0.3) is 5.91 Å². The Balaban J connectivity index is 1.95. The quantitative estimate of drug-likeness (QED) is 0.647. The van der Waals surface area contributed by atoms with Gasteiger partial charge in [0, 0.05) is 25.3 Å². The molecule has 158 valence electrons. The van der Waals surface area contributed by atoms with Crippen LogP contribution < -0.4 is 10.1 Å². The molecule has 0 fully saturated rings. The van der Waals surface area contributed by atoms with Crippen LogP contribution in [-0.2, 0) is 10.0 Å². The number of anilines is 1. The number of sulfonamides is 1. The number of aromatic nitrogens is 2. The maximum atomic E-state index is 12.8. The zero-order chi connectivity index (χ0) is 22.1. The minimum Gasteiger partial charge on any atom is -0.492 e. The lowest BCUT2D eigenvalue weighted by atomic mass is 10.1. The summed E-state index contributed by atoms with van der Waals surface area (Å²) in [5.41, 5.74) is 3.69. The molecule has 0 saturated carbocycles. The number of benzene rings is 2. The van der Waals surface area contributed by atoms with Gasteiger partial charge in [0.15, 0.2) is 0 Å². The Morgan fingerprint density at radius 1 is 1.03 bits per heavy atom. The molecule has 3 rings (SSSR count). The van der Waals surface area contributed by atoms with Gasteiger partial charge < -0.3 is 10.1 Å². The third-order valence-electron chi connectivity index (χ3n) is 4.60. The first-order valence-electron chi connectivity index (χ1n) is 9.39. The lowest BCUT2D eigenvalue weighted by molar-refractivity contribution is 0.102. The second kappa shape index (κ2) is 8.37. The van der Waals surface area contributed by atoms with E-state index in [1.807, 2.05) is 13.8 Å². The van der Waals surface area contributed by atoms with Gasteiger partial charge in [0.2, 0.25) is 10.0 Å². The van der Waals surface area contributed by atoms with Crippen LogP contribution >= 0.6 is 0 Å². The third kappa shape index (κ3) is 4.27. The third-order valence-corrected chi connectivity index (χ3v) is 6.43. The first-order chi connectivity index (χ1) is 14.1. The zero-order valence-corrected chi connectivity index (χ0v) is 18.4. The number of fused-ring (bicyclic) bond motifs is 1. The molecule has 0 aliphatic rings. The number of carbonyl (C=O) groups excluding carboxylic acids is 1. The van der Waals surface area contributed by atoms with Crippen LogP contribution in [-0.4, -0.2) is 49.3 Å². The summed E-state index contributed by atoms with van der Waals surface area (Å²) in [7, 11) is -0.870. The molecule has 0 saturated heterocycles. The zero-order valence-electron chi connectivity index (χ0n) is 17.6. The Morgan fingerprint density at radius 3 is 2.33 bits per heavy atom. The lowest BCUT2D eigenvalue weighted by Crippen LogP contribution is -2.23. The number of carbonyl (C=O) groups is 1. The molecule has 0 bridgehead atoms. The van der Waals surface area contributed by atoms with Gasteiger partial charge in [-0.3, -0.25) is 4.79 Å². The van der Waals surface area contributed by atoms with Crippen molar-refractivity contribution in [2.75, 3.05) is 26.0 Å². The number of rotatable bonds is 6. The highest BCUT2D eigenvalue weighted by Crippen LogP contribution is 2.29. The van der Waals surface area contributed by atoms with Crippen LogP contribution in [0.4, 0.5) is 5.69 Å². The molecule has 0 spiro atoms. The van der Waals surface area contributed by atoms with E-state index in [1.165, 1.54) is 26.2 Å². The van der Waals surface area contributed by atoms with E-state index in [1.54, 1.807) is 31.2 Å². The Kier molecular flexibility index (Phi) is 6.04. The molecule has 0 radical (unpaired) electrons. The van der Waals surface area contributed by atoms with Crippen molar-refractivity contribution in [1.29, 1.82) is 0 Å². The molecule has 30 heavy (non-hydrogen) atoms. The van der Waals surface area contributed by atoms with Crippen molar-refractivity contribution in [3.8, 4) is 5.75 Å². The van der Waals surface area contributed by atoms with E-state index in [0.717, 1.165) is 15.7 Å². The van der Waals surface area contributed by atoms with Crippen molar-refractivity contribution < 1.29 is 17.9 Å². The number of nitrogens with one attached hydrogen (secondary N) is 1. The van der Waals surface area contributed by atoms with Crippen molar-refractivity contribution in [1.82, 2.24) is 14.3 Å². The van der Waals surface area contributed by atoms with Crippen molar-refractivity contribution in [3.63, 3.8) is 0 Å². The van der Waals surface area contributed by atoms with Gasteiger partial charge in [0.1, 0.15) is 10.6 Å². The summed E-state index contributed by atoms with van der Waals surface area (Å²) in [6, 6.07) is 9.60. The van der Waals surface area contributed by atoms with Crippen LogP contribution in [0.15, 0.2) is 41.3 Å². The van der Waals surface area contributed by atoms with Gasteiger partial charge in [-0.05, 0) is 57.2 Å². The maximum absolute atomic E-state index is 12.8. The van der Waals surface area contributed by atoms with Crippen molar-refractivity contribution in [2.45, 2.75) is 25.7 Å². The average molecular weight is 429 g/mol. The van der Waals surface area contributed by atoms with Crippen molar-refractivity contribution in [2.24, 2.45) is 0 Å². The fourth-order valence-corrected chi connectivity index (χ4v) is 3.88. The number of hydrogen-bond donors (Lipinski definition) is 1. The number of amides is 1. The van der Waals surface area contributed by atoms with Crippen LogP contribution in [0.3, 0.4) is 0 Å². The van der Waals surface area contributed by atoms with Crippen molar-refractivity contribution in [3.05, 3.63) is 53.3 Å². The summed E-state index contributed by atoms with van der Waals surface area (Å²) in [4.78, 5) is 21.7. The number of nitrogens with zero attached hydrogens (tertiary/aromatic N) is 3. The number of ether oxygens (including phenoxy) is 1. The summed E-state index contributed by atoms with van der Waals surface area (Å²) in [6.07, 6.45) is 0. The van der Waals surface area contributed by atoms with Gasteiger partial charge in [0.05, 0.1) is 29.0 Å². The molecule has 8 nitrogen and oxygen atoms in total. The molecular formula is C21H24N4O4S. The van der Waals surface area contributed by atoms with Crippen LogP contribution in [0.25, 0.3) is 11.0 Å². The standard InChI is InChI=1S/C21H24N4O4S/c1-6-29-19-10-8-16(12-20(19)30(27,28)25(4)5)24-21(26)15-7-9-17-18(11-15)23-14(3)13(2)22-17/h7-12H,6H2,1-5H3,(H,24,26). The van der Waals surface area contributed by atoms with E-state index >= 15 is 0 Å². The van der Waals surface area contributed by atoms with Crippen LogP contribution in [0, 0.1) is 13.8 Å². The largest absolute Gasteiger partial charge is 0.492 e. The summed E-state index contributed by atoms with van der Waals surface area (Å²) in [5.74, 6) is -0.148. The number of hydrogen-bond acceptors (Lipinski definition) is 6. The Morgan fingerprint density at radius 2 is 1.70 bits per heavy atom. The topological polar surface area (TPSA) is 101 Å². The summed E-state index contributed by atoms with van der Waals surface area (Å²) >= 11 is 0. The smallest absolute Gasteiger partial charge is 0.255 e. The summed E-state index contributed by atoms with van der Waals surface area (Å²) in [5, 5.41) is 2.74. The molecule has 0 atom stereocenters. The molecule has 0 aliphatic heterocycles. The predicted molar refractivity (Wildman–Crippen MR) is 115 cm³/mol. The van der Waals surface area contributed by atoms with Crippen LogP contribution in [0.2, 0.25) is 0 Å². The van der Waals surface area contributed by atoms with Crippen LogP contribution in [0.1, 0.15) is 28.7 Å². The van der Waals surface area contributed by atoms with Gasteiger partial charge in [-0.1, -0.05) is 0 Å². The lowest BCUT2D eigenvalue weighted by Gasteiger charge is -2.16. The van der Waals surface area contributed by atoms with Crippen LogP contribution in [0.5, 0.6) is 5.75 Å². The minimum absolute atomic E-state index is 0.0115. The highest BCUT2D eigenvalue weighted by Gasteiger charge is 2.23. The van der Waals surface area contributed by atoms with E-state index in [4.69, 9.17) is 4.74 Å². The second-order valence-corrected chi connectivity index (χ2v) is 9.05. The Labute approximate surface area is 176 Å². The molecule has 1 amide bonds. The molecule has 2 aromatic carbocycles. The van der Waals surface area contributed by atoms with E-state index in [0.29, 0.717) is 28.9 Å². The van der Waals surface area contributed by atoms with E-state index < -0.39 is 10.0 Å². The molecule has 9 heteroatoms. The highest BCUT2D eigenvalue weighted by atomic mass is 32.2. The van der Waals surface area contributed by atoms with E-state index in [-0.39, 0.29) is 16.6 Å². The molecule has 1 N–H and O–H groups in total. The molecule has 0 unspecified atom stereocenters. The van der Waals surface area contributed by atoms with E-state index in [2.05, 4.69) is 15.3 Å². The van der Waals surface area contributed by atoms with E-state index in [9.17, 15) is 13.2 Å². The van der Waals surface area contributed by atoms with Gasteiger partial charge in [-0.25, -0.2) is 22.7 Å². The first-order valence-corrected chi connectivity index (χ1v) is 10.8. The normalized spacial score (nSPS) is 11.7. The molecule has 1 aromatic heterocycles. The predicted octanol–water partition coefficient (Wildman–Crippen LogP) is 3.15. The Hall–Kier alpha value is -3.04. The molecular weight excluding hydrogens is 404 g/mol.